The molecule has 0 unspecified atom stereocenters. The summed E-state index contributed by atoms with van der Waals surface area (Å²) in [6.45, 7) is 9.95. The summed E-state index contributed by atoms with van der Waals surface area (Å²) < 4.78 is 0. The molecular weight excluding hydrogens is 238 g/mol. The van der Waals surface area contributed by atoms with Gasteiger partial charge in [0.05, 0.1) is 6.04 Å². The number of rotatable bonds is 2. The van der Waals surface area contributed by atoms with Gasteiger partial charge in [0.25, 0.3) is 0 Å². The minimum absolute atomic E-state index is 0.0504. The quantitative estimate of drug-likeness (QED) is 0.797. The van der Waals surface area contributed by atoms with Gasteiger partial charge < -0.3 is 10.6 Å². The van der Waals surface area contributed by atoms with Gasteiger partial charge in [0.15, 0.2) is 0 Å². The first-order chi connectivity index (χ1) is 8.97. The number of nitrogens with zero attached hydrogens (tertiary/aromatic N) is 1. The van der Waals surface area contributed by atoms with Gasteiger partial charge in [-0.2, -0.15) is 0 Å². The zero-order valence-electron chi connectivity index (χ0n) is 12.7. The van der Waals surface area contributed by atoms with E-state index in [1.165, 1.54) is 12.8 Å². The van der Waals surface area contributed by atoms with E-state index < -0.39 is 0 Å². The summed E-state index contributed by atoms with van der Waals surface area (Å²) >= 11 is 0. The average Bonchev–Trinajstić information content (AvgIpc) is 2.39. The summed E-state index contributed by atoms with van der Waals surface area (Å²) in [6.07, 6.45) is 5.53. The lowest BCUT2D eigenvalue weighted by Crippen LogP contribution is -2.54. The molecule has 0 saturated carbocycles. The Kier molecular flexibility index (Phi) is 4.85. The average molecular weight is 267 g/mol. The van der Waals surface area contributed by atoms with E-state index >= 15 is 0 Å². The first kappa shape index (κ1) is 14.8. The smallest absolute Gasteiger partial charge is 0.237 e. The van der Waals surface area contributed by atoms with E-state index in [4.69, 9.17) is 0 Å². The lowest BCUT2D eigenvalue weighted by molar-refractivity contribution is -0.124. The molecule has 0 aromatic rings. The fourth-order valence-corrected chi connectivity index (χ4v) is 3.07. The van der Waals surface area contributed by atoms with Crippen LogP contribution in [0.5, 0.6) is 0 Å². The SMILES string of the molecule is CC(C)(C)N1CCC(NC(=O)[C@H]2CCCCN2)CC1. The van der Waals surface area contributed by atoms with Gasteiger partial charge in [0.2, 0.25) is 5.91 Å². The number of hydrogen-bond donors (Lipinski definition) is 2. The van der Waals surface area contributed by atoms with Crippen molar-refractivity contribution in [1.29, 1.82) is 0 Å². The Hall–Kier alpha value is -0.610. The number of likely N-dealkylation sites (tertiary alicyclic amines) is 1. The molecule has 0 aromatic carbocycles. The molecule has 110 valence electrons. The normalized spacial score (nSPS) is 27.2. The van der Waals surface area contributed by atoms with Gasteiger partial charge in [-0.1, -0.05) is 6.42 Å². The monoisotopic (exact) mass is 267 g/mol. The molecule has 0 radical (unpaired) electrons. The highest BCUT2D eigenvalue weighted by molar-refractivity contribution is 5.82. The van der Waals surface area contributed by atoms with Crippen molar-refractivity contribution in [3.05, 3.63) is 0 Å². The summed E-state index contributed by atoms with van der Waals surface area (Å²) in [4.78, 5) is 14.7. The number of amides is 1. The van der Waals surface area contributed by atoms with E-state index in [0.717, 1.165) is 38.9 Å². The van der Waals surface area contributed by atoms with Crippen LogP contribution >= 0.6 is 0 Å². The van der Waals surface area contributed by atoms with Gasteiger partial charge in [-0.3, -0.25) is 9.69 Å². The summed E-state index contributed by atoms with van der Waals surface area (Å²) in [5.41, 5.74) is 0.250. The van der Waals surface area contributed by atoms with Crippen molar-refractivity contribution in [1.82, 2.24) is 15.5 Å². The molecule has 2 heterocycles. The van der Waals surface area contributed by atoms with Crippen molar-refractivity contribution in [3.63, 3.8) is 0 Å². The highest BCUT2D eigenvalue weighted by Gasteiger charge is 2.29. The van der Waals surface area contributed by atoms with Crippen LogP contribution in [0.1, 0.15) is 52.9 Å². The van der Waals surface area contributed by atoms with Gasteiger partial charge in [-0.05, 0) is 53.0 Å². The van der Waals surface area contributed by atoms with Crippen molar-refractivity contribution in [2.45, 2.75) is 70.5 Å². The summed E-state index contributed by atoms with van der Waals surface area (Å²) in [5.74, 6) is 0.217. The molecule has 0 bridgehead atoms. The molecule has 2 aliphatic heterocycles. The highest BCUT2D eigenvalue weighted by atomic mass is 16.2. The molecule has 0 aromatic heterocycles. The number of hydrogen-bond acceptors (Lipinski definition) is 3. The third-order valence-corrected chi connectivity index (χ3v) is 4.42. The van der Waals surface area contributed by atoms with Crippen LogP contribution in [-0.2, 0) is 4.79 Å². The van der Waals surface area contributed by atoms with Crippen molar-refractivity contribution < 1.29 is 4.79 Å². The topological polar surface area (TPSA) is 44.4 Å². The molecule has 0 spiro atoms. The third-order valence-electron chi connectivity index (χ3n) is 4.42. The first-order valence-corrected chi connectivity index (χ1v) is 7.75. The standard InChI is InChI=1S/C15H29N3O/c1-15(2,3)18-10-7-12(8-11-18)17-14(19)13-6-4-5-9-16-13/h12-13,16H,4-11H2,1-3H3,(H,17,19)/t13-/m1/s1. The van der Waals surface area contributed by atoms with Crippen molar-refractivity contribution >= 4 is 5.91 Å². The van der Waals surface area contributed by atoms with E-state index in [1.54, 1.807) is 0 Å². The third kappa shape index (κ3) is 4.18. The Bertz CT molecular complexity index is 297. The van der Waals surface area contributed by atoms with Gasteiger partial charge in [0, 0.05) is 24.7 Å². The fraction of sp³-hybridized carbons (Fsp3) is 0.933. The maximum Gasteiger partial charge on any atom is 0.237 e. The second kappa shape index (κ2) is 6.23. The molecule has 1 amide bonds. The molecule has 2 saturated heterocycles. The Morgan fingerprint density at radius 3 is 2.37 bits per heavy atom. The van der Waals surface area contributed by atoms with E-state index in [0.29, 0.717) is 6.04 Å². The molecule has 4 heteroatoms. The Balaban J connectivity index is 1.74. The molecule has 2 rings (SSSR count). The lowest BCUT2D eigenvalue weighted by atomic mass is 9.97. The van der Waals surface area contributed by atoms with Crippen LogP contribution in [-0.4, -0.2) is 48.1 Å². The van der Waals surface area contributed by atoms with E-state index in [2.05, 4.69) is 36.3 Å². The molecule has 2 N–H and O–H groups in total. The maximum atomic E-state index is 12.2. The van der Waals surface area contributed by atoms with E-state index in [-0.39, 0.29) is 17.5 Å². The molecule has 19 heavy (non-hydrogen) atoms. The Morgan fingerprint density at radius 2 is 1.84 bits per heavy atom. The zero-order valence-corrected chi connectivity index (χ0v) is 12.7. The summed E-state index contributed by atoms with van der Waals surface area (Å²) in [6, 6.07) is 0.421. The van der Waals surface area contributed by atoms with Crippen LogP contribution in [0.4, 0.5) is 0 Å². The number of piperidine rings is 2. The molecule has 1 atom stereocenters. The molecular formula is C15H29N3O. The van der Waals surface area contributed by atoms with Gasteiger partial charge in [-0.15, -0.1) is 0 Å². The largest absolute Gasteiger partial charge is 0.352 e. The van der Waals surface area contributed by atoms with Gasteiger partial charge in [0.1, 0.15) is 0 Å². The minimum atomic E-state index is 0.0504. The number of carbonyl (C=O) groups is 1. The van der Waals surface area contributed by atoms with Gasteiger partial charge in [-0.25, -0.2) is 0 Å². The minimum Gasteiger partial charge on any atom is -0.352 e. The fourth-order valence-electron chi connectivity index (χ4n) is 3.07. The highest BCUT2D eigenvalue weighted by Crippen LogP contribution is 2.20. The van der Waals surface area contributed by atoms with Crippen LogP contribution in [0.15, 0.2) is 0 Å². The summed E-state index contributed by atoms with van der Waals surface area (Å²) in [5, 5.41) is 6.55. The van der Waals surface area contributed by atoms with Crippen LogP contribution in [0.3, 0.4) is 0 Å². The number of carbonyl (C=O) groups excluding carboxylic acids is 1. The van der Waals surface area contributed by atoms with Crippen molar-refractivity contribution in [3.8, 4) is 0 Å². The summed E-state index contributed by atoms with van der Waals surface area (Å²) in [7, 11) is 0. The van der Waals surface area contributed by atoms with E-state index in [9.17, 15) is 4.79 Å². The number of nitrogens with one attached hydrogen (secondary N) is 2. The van der Waals surface area contributed by atoms with Crippen molar-refractivity contribution in [2.75, 3.05) is 19.6 Å². The second-order valence-corrected chi connectivity index (χ2v) is 6.94. The predicted octanol–water partition coefficient (Wildman–Crippen LogP) is 1.51. The molecule has 2 fully saturated rings. The Labute approximate surface area is 117 Å². The maximum absolute atomic E-state index is 12.2. The zero-order chi connectivity index (χ0) is 13.9. The van der Waals surface area contributed by atoms with Crippen LogP contribution in [0.2, 0.25) is 0 Å². The molecule has 2 aliphatic rings. The molecule has 0 aliphatic carbocycles. The first-order valence-electron chi connectivity index (χ1n) is 7.75. The van der Waals surface area contributed by atoms with Crippen molar-refractivity contribution in [2.24, 2.45) is 0 Å². The van der Waals surface area contributed by atoms with Crippen LogP contribution in [0.25, 0.3) is 0 Å². The molecule has 4 nitrogen and oxygen atoms in total. The van der Waals surface area contributed by atoms with Crippen LogP contribution < -0.4 is 10.6 Å². The van der Waals surface area contributed by atoms with Crippen LogP contribution in [0, 0.1) is 0 Å². The Morgan fingerprint density at radius 1 is 1.16 bits per heavy atom. The lowest BCUT2D eigenvalue weighted by Gasteiger charge is -2.41. The predicted molar refractivity (Wildman–Crippen MR) is 78.1 cm³/mol. The van der Waals surface area contributed by atoms with E-state index in [1.807, 2.05) is 0 Å². The van der Waals surface area contributed by atoms with Gasteiger partial charge >= 0.3 is 0 Å². The second-order valence-electron chi connectivity index (χ2n) is 6.94.